The third-order valence-electron chi connectivity index (χ3n) is 3.72. The highest BCUT2D eigenvalue weighted by molar-refractivity contribution is 5.79. The summed E-state index contributed by atoms with van der Waals surface area (Å²) in [6.45, 7) is 1.74. The quantitative estimate of drug-likeness (QED) is 0.779. The summed E-state index contributed by atoms with van der Waals surface area (Å²) in [7, 11) is 0. The summed E-state index contributed by atoms with van der Waals surface area (Å²) in [4.78, 5) is 4.28. The number of pyridine rings is 1. The van der Waals surface area contributed by atoms with Crippen LogP contribution >= 0.6 is 0 Å². The normalized spacial score (nSPS) is 13.6. The van der Waals surface area contributed by atoms with Crippen LogP contribution in [0.15, 0.2) is 60.8 Å². The van der Waals surface area contributed by atoms with Crippen LogP contribution in [0.4, 0.5) is 0 Å². The second-order valence-corrected chi connectivity index (χ2v) is 5.18. The molecule has 0 bridgehead atoms. The van der Waals surface area contributed by atoms with Gasteiger partial charge in [-0.1, -0.05) is 24.3 Å². The molecular formula is C18H14N2O. The van der Waals surface area contributed by atoms with E-state index in [1.165, 1.54) is 0 Å². The Balaban J connectivity index is 2.12. The summed E-state index contributed by atoms with van der Waals surface area (Å²) in [5.74, 6) is 0. The molecule has 0 radical (unpaired) electrons. The van der Waals surface area contributed by atoms with Crippen LogP contribution in [-0.4, -0.2) is 10.1 Å². The molecule has 0 aliphatic heterocycles. The Labute approximate surface area is 123 Å². The van der Waals surface area contributed by atoms with E-state index < -0.39 is 5.60 Å². The minimum Gasteiger partial charge on any atom is -0.381 e. The standard InChI is InChI=1S/C18H14N2O/c1-18(21,15-6-2-4-13(10-15)12-19)16-7-8-17-14(11-16)5-3-9-20-17/h2-11,21H,1H3. The zero-order valence-corrected chi connectivity index (χ0v) is 11.6. The Hall–Kier alpha value is -2.70. The zero-order chi connectivity index (χ0) is 14.9. The third-order valence-corrected chi connectivity index (χ3v) is 3.72. The summed E-state index contributed by atoms with van der Waals surface area (Å²) in [6.07, 6.45) is 1.75. The molecule has 3 aromatic rings. The Bertz CT molecular complexity index is 847. The number of benzene rings is 2. The first-order valence-corrected chi connectivity index (χ1v) is 6.69. The molecule has 1 heterocycles. The van der Waals surface area contributed by atoms with E-state index >= 15 is 0 Å². The molecule has 0 aliphatic rings. The second-order valence-electron chi connectivity index (χ2n) is 5.18. The van der Waals surface area contributed by atoms with E-state index in [1.54, 1.807) is 31.3 Å². The number of nitriles is 1. The molecule has 0 aliphatic carbocycles. The number of aromatic nitrogens is 1. The van der Waals surface area contributed by atoms with Crippen molar-refractivity contribution in [2.75, 3.05) is 0 Å². The molecule has 3 nitrogen and oxygen atoms in total. The van der Waals surface area contributed by atoms with Gasteiger partial charge in [0, 0.05) is 11.6 Å². The van der Waals surface area contributed by atoms with Crippen molar-refractivity contribution >= 4 is 10.9 Å². The van der Waals surface area contributed by atoms with E-state index in [-0.39, 0.29) is 0 Å². The van der Waals surface area contributed by atoms with Gasteiger partial charge in [0.25, 0.3) is 0 Å². The molecular weight excluding hydrogens is 260 g/mol. The van der Waals surface area contributed by atoms with Crippen LogP contribution in [-0.2, 0) is 5.60 Å². The van der Waals surface area contributed by atoms with Crippen LogP contribution in [0.25, 0.3) is 10.9 Å². The van der Waals surface area contributed by atoms with E-state index in [0.717, 1.165) is 16.5 Å². The molecule has 3 rings (SSSR count). The van der Waals surface area contributed by atoms with Crippen molar-refractivity contribution in [3.63, 3.8) is 0 Å². The lowest BCUT2D eigenvalue weighted by molar-refractivity contribution is 0.102. The van der Waals surface area contributed by atoms with E-state index in [0.29, 0.717) is 11.1 Å². The fourth-order valence-corrected chi connectivity index (χ4v) is 2.44. The predicted molar refractivity (Wildman–Crippen MR) is 81.6 cm³/mol. The number of nitrogens with zero attached hydrogens (tertiary/aromatic N) is 2. The van der Waals surface area contributed by atoms with Gasteiger partial charge in [-0.2, -0.15) is 5.26 Å². The van der Waals surface area contributed by atoms with E-state index in [1.807, 2.05) is 36.4 Å². The average Bonchev–Trinajstić information content (AvgIpc) is 2.54. The highest BCUT2D eigenvalue weighted by Crippen LogP contribution is 2.31. The topological polar surface area (TPSA) is 56.9 Å². The molecule has 1 aromatic heterocycles. The smallest absolute Gasteiger partial charge is 0.112 e. The van der Waals surface area contributed by atoms with Crippen LogP contribution < -0.4 is 0 Å². The molecule has 0 saturated carbocycles. The van der Waals surface area contributed by atoms with E-state index in [9.17, 15) is 5.11 Å². The van der Waals surface area contributed by atoms with Gasteiger partial charge < -0.3 is 5.11 Å². The number of hydrogen-bond acceptors (Lipinski definition) is 3. The van der Waals surface area contributed by atoms with Gasteiger partial charge in [0.05, 0.1) is 17.1 Å². The maximum Gasteiger partial charge on any atom is 0.112 e. The number of rotatable bonds is 2. The molecule has 0 saturated heterocycles. The molecule has 0 fully saturated rings. The summed E-state index contributed by atoms with van der Waals surface area (Å²) < 4.78 is 0. The van der Waals surface area contributed by atoms with Crippen molar-refractivity contribution in [3.8, 4) is 6.07 Å². The number of hydrogen-bond donors (Lipinski definition) is 1. The van der Waals surface area contributed by atoms with Crippen molar-refractivity contribution in [1.29, 1.82) is 5.26 Å². The monoisotopic (exact) mass is 274 g/mol. The summed E-state index contributed by atoms with van der Waals surface area (Å²) in [5.41, 5.74) is 1.75. The highest BCUT2D eigenvalue weighted by Gasteiger charge is 2.26. The third kappa shape index (κ3) is 2.37. The number of aliphatic hydroxyl groups is 1. The Morgan fingerprint density at radius 1 is 1.05 bits per heavy atom. The van der Waals surface area contributed by atoms with Gasteiger partial charge in [-0.25, -0.2) is 0 Å². The van der Waals surface area contributed by atoms with Crippen molar-refractivity contribution in [2.45, 2.75) is 12.5 Å². The second kappa shape index (κ2) is 5.01. The van der Waals surface area contributed by atoms with Crippen LogP contribution in [0.2, 0.25) is 0 Å². The largest absolute Gasteiger partial charge is 0.381 e. The summed E-state index contributed by atoms with van der Waals surface area (Å²) in [6, 6.07) is 18.7. The van der Waals surface area contributed by atoms with E-state index in [4.69, 9.17) is 5.26 Å². The molecule has 0 spiro atoms. The highest BCUT2D eigenvalue weighted by atomic mass is 16.3. The maximum atomic E-state index is 10.9. The van der Waals surface area contributed by atoms with Gasteiger partial charge in [-0.15, -0.1) is 0 Å². The van der Waals surface area contributed by atoms with Gasteiger partial charge in [-0.3, -0.25) is 4.98 Å². The molecule has 1 unspecified atom stereocenters. The minimum absolute atomic E-state index is 0.537. The predicted octanol–water partition coefficient (Wildman–Crippen LogP) is 3.36. The van der Waals surface area contributed by atoms with Crippen molar-refractivity contribution in [2.24, 2.45) is 0 Å². The SMILES string of the molecule is CC(O)(c1cccc(C#N)c1)c1ccc2ncccc2c1. The molecule has 2 aromatic carbocycles. The molecule has 102 valence electrons. The lowest BCUT2D eigenvalue weighted by atomic mass is 9.87. The molecule has 21 heavy (non-hydrogen) atoms. The minimum atomic E-state index is -1.16. The average molecular weight is 274 g/mol. The lowest BCUT2D eigenvalue weighted by Gasteiger charge is -2.25. The van der Waals surface area contributed by atoms with Crippen molar-refractivity contribution < 1.29 is 5.11 Å². The number of fused-ring (bicyclic) bond motifs is 1. The van der Waals surface area contributed by atoms with Gasteiger partial charge in [0.1, 0.15) is 5.60 Å². The van der Waals surface area contributed by atoms with Crippen molar-refractivity contribution in [1.82, 2.24) is 4.98 Å². The lowest BCUT2D eigenvalue weighted by Crippen LogP contribution is -2.22. The van der Waals surface area contributed by atoms with Gasteiger partial charge in [0.2, 0.25) is 0 Å². The van der Waals surface area contributed by atoms with Crippen LogP contribution in [0.1, 0.15) is 23.6 Å². The molecule has 3 heteroatoms. The first-order valence-electron chi connectivity index (χ1n) is 6.69. The van der Waals surface area contributed by atoms with E-state index in [2.05, 4.69) is 11.1 Å². The fourth-order valence-electron chi connectivity index (χ4n) is 2.44. The summed E-state index contributed by atoms with van der Waals surface area (Å²) in [5, 5.41) is 20.9. The van der Waals surface area contributed by atoms with Gasteiger partial charge in [-0.05, 0) is 48.4 Å². The van der Waals surface area contributed by atoms with Gasteiger partial charge >= 0.3 is 0 Å². The fraction of sp³-hybridized carbons (Fsp3) is 0.111. The Morgan fingerprint density at radius 2 is 1.86 bits per heavy atom. The Kier molecular flexibility index (Phi) is 3.17. The first-order chi connectivity index (χ1) is 10.1. The van der Waals surface area contributed by atoms with Crippen molar-refractivity contribution in [3.05, 3.63) is 77.5 Å². The van der Waals surface area contributed by atoms with Crippen LogP contribution in [0.5, 0.6) is 0 Å². The Morgan fingerprint density at radius 3 is 2.67 bits per heavy atom. The van der Waals surface area contributed by atoms with Crippen LogP contribution in [0.3, 0.4) is 0 Å². The molecule has 0 amide bonds. The zero-order valence-electron chi connectivity index (χ0n) is 11.6. The summed E-state index contributed by atoms with van der Waals surface area (Å²) >= 11 is 0. The molecule has 1 N–H and O–H groups in total. The van der Waals surface area contributed by atoms with Gasteiger partial charge in [0.15, 0.2) is 0 Å². The molecule has 1 atom stereocenters. The van der Waals surface area contributed by atoms with Crippen LogP contribution in [0, 0.1) is 11.3 Å². The first kappa shape index (κ1) is 13.3. The maximum absolute atomic E-state index is 10.9.